The molecule has 1 aliphatic rings. The van der Waals surface area contributed by atoms with Gasteiger partial charge in [-0.05, 0) is 48.8 Å². The van der Waals surface area contributed by atoms with Gasteiger partial charge >= 0.3 is 0 Å². The number of rotatable bonds is 1. The molecule has 2 rings (SSSR count). The maximum Gasteiger partial charge on any atom is 0.126 e. The van der Waals surface area contributed by atoms with Crippen molar-refractivity contribution in [1.29, 1.82) is 0 Å². The van der Waals surface area contributed by atoms with Crippen LogP contribution in [0.15, 0.2) is 18.2 Å². The minimum atomic E-state index is -0.0499. The van der Waals surface area contributed by atoms with E-state index in [2.05, 4.69) is 13.0 Å². The van der Waals surface area contributed by atoms with Crippen molar-refractivity contribution in [2.75, 3.05) is 0 Å². The molecule has 0 atom stereocenters. The highest BCUT2D eigenvalue weighted by atomic mass is 19.1. The highest BCUT2D eigenvalue weighted by Gasteiger charge is 2.20. The second-order valence-electron chi connectivity index (χ2n) is 4.97. The standard InChI is InChI=1S/C14H19F.2C2H6/c1-10-3-6-12(7-4-10)13-8-5-11(2)14(15)9-13;2*1-2/h5,8-10,12H,3-4,6-7H2,1-2H3;2*1-2H3. The van der Waals surface area contributed by atoms with Gasteiger partial charge in [-0.15, -0.1) is 0 Å². The third-order valence-corrected chi connectivity index (χ3v) is 3.68. The van der Waals surface area contributed by atoms with E-state index >= 15 is 0 Å². The predicted molar refractivity (Wildman–Crippen MR) is 84.2 cm³/mol. The second-order valence-corrected chi connectivity index (χ2v) is 4.97. The zero-order valence-corrected chi connectivity index (χ0v) is 13.6. The van der Waals surface area contributed by atoms with E-state index in [1.807, 2.05) is 40.7 Å². The fourth-order valence-electron chi connectivity index (χ4n) is 2.46. The van der Waals surface area contributed by atoms with Crippen molar-refractivity contribution >= 4 is 0 Å². The molecule has 1 aromatic carbocycles. The third kappa shape index (κ3) is 5.76. The minimum Gasteiger partial charge on any atom is -0.207 e. The van der Waals surface area contributed by atoms with Crippen LogP contribution in [0.25, 0.3) is 0 Å². The van der Waals surface area contributed by atoms with Crippen molar-refractivity contribution in [3.63, 3.8) is 0 Å². The van der Waals surface area contributed by atoms with E-state index < -0.39 is 0 Å². The predicted octanol–water partition coefficient (Wildman–Crippen LogP) is 6.48. The molecule has 0 N–H and O–H groups in total. The van der Waals surface area contributed by atoms with E-state index in [4.69, 9.17) is 0 Å². The Morgan fingerprint density at radius 2 is 1.47 bits per heavy atom. The minimum absolute atomic E-state index is 0.0499. The van der Waals surface area contributed by atoms with Gasteiger partial charge in [0.05, 0.1) is 0 Å². The van der Waals surface area contributed by atoms with Crippen LogP contribution in [0.4, 0.5) is 4.39 Å². The lowest BCUT2D eigenvalue weighted by Crippen LogP contribution is -2.11. The molecule has 0 aliphatic heterocycles. The molecular formula is C18H31F. The first-order valence-corrected chi connectivity index (χ1v) is 7.93. The van der Waals surface area contributed by atoms with Crippen molar-refractivity contribution in [3.05, 3.63) is 35.1 Å². The molecule has 0 heterocycles. The smallest absolute Gasteiger partial charge is 0.126 e. The number of hydrogen-bond donors (Lipinski definition) is 0. The summed E-state index contributed by atoms with van der Waals surface area (Å²) in [6.45, 7) is 12.1. The Morgan fingerprint density at radius 3 is 1.95 bits per heavy atom. The summed E-state index contributed by atoms with van der Waals surface area (Å²) in [5.74, 6) is 1.40. The number of hydrogen-bond acceptors (Lipinski definition) is 0. The molecule has 19 heavy (non-hydrogen) atoms. The van der Waals surface area contributed by atoms with Crippen LogP contribution in [0.3, 0.4) is 0 Å². The normalized spacial score (nSPS) is 21.6. The van der Waals surface area contributed by atoms with Gasteiger partial charge < -0.3 is 0 Å². The SMILES string of the molecule is CC.CC.Cc1ccc(C2CCC(C)CC2)cc1F. The average molecular weight is 266 g/mol. The molecule has 1 saturated carbocycles. The lowest BCUT2D eigenvalue weighted by Gasteiger charge is -2.26. The fourth-order valence-corrected chi connectivity index (χ4v) is 2.46. The van der Waals surface area contributed by atoms with E-state index in [1.165, 1.54) is 31.2 Å². The van der Waals surface area contributed by atoms with Crippen molar-refractivity contribution < 1.29 is 4.39 Å². The Kier molecular flexibility index (Phi) is 9.55. The van der Waals surface area contributed by atoms with E-state index in [9.17, 15) is 4.39 Å². The zero-order chi connectivity index (χ0) is 14.8. The van der Waals surface area contributed by atoms with Gasteiger partial charge in [-0.1, -0.05) is 59.6 Å². The monoisotopic (exact) mass is 266 g/mol. The summed E-state index contributed by atoms with van der Waals surface area (Å²) in [5, 5.41) is 0. The summed E-state index contributed by atoms with van der Waals surface area (Å²) in [6.07, 6.45) is 5.04. The summed E-state index contributed by atoms with van der Waals surface area (Å²) in [7, 11) is 0. The molecule has 110 valence electrons. The molecule has 0 nitrogen and oxygen atoms in total. The van der Waals surface area contributed by atoms with Gasteiger partial charge in [-0.2, -0.15) is 0 Å². The van der Waals surface area contributed by atoms with E-state index in [0.717, 1.165) is 11.5 Å². The highest BCUT2D eigenvalue weighted by Crippen LogP contribution is 2.35. The van der Waals surface area contributed by atoms with E-state index in [-0.39, 0.29) is 5.82 Å². The van der Waals surface area contributed by atoms with E-state index in [1.54, 1.807) is 6.07 Å². The van der Waals surface area contributed by atoms with Crippen LogP contribution in [0.1, 0.15) is 77.3 Å². The van der Waals surface area contributed by atoms with Crippen molar-refractivity contribution in [2.45, 2.75) is 73.1 Å². The quantitative estimate of drug-likeness (QED) is 0.545. The highest BCUT2D eigenvalue weighted by molar-refractivity contribution is 5.26. The van der Waals surface area contributed by atoms with Crippen molar-refractivity contribution in [1.82, 2.24) is 0 Å². The Labute approximate surface area is 119 Å². The number of aryl methyl sites for hydroxylation is 1. The maximum atomic E-state index is 13.4. The summed E-state index contributed by atoms with van der Waals surface area (Å²) in [6, 6.07) is 5.73. The summed E-state index contributed by atoms with van der Waals surface area (Å²) in [4.78, 5) is 0. The molecule has 0 unspecified atom stereocenters. The van der Waals surface area contributed by atoms with E-state index in [0.29, 0.717) is 5.92 Å². The van der Waals surface area contributed by atoms with Crippen LogP contribution in [0.2, 0.25) is 0 Å². The lowest BCUT2D eigenvalue weighted by atomic mass is 9.79. The molecular weight excluding hydrogens is 235 g/mol. The van der Waals surface area contributed by atoms with Crippen LogP contribution < -0.4 is 0 Å². The molecule has 0 bridgehead atoms. The van der Waals surface area contributed by atoms with Gasteiger partial charge in [0, 0.05) is 0 Å². The Hall–Kier alpha value is -0.850. The summed E-state index contributed by atoms with van der Waals surface area (Å²) in [5.41, 5.74) is 1.95. The summed E-state index contributed by atoms with van der Waals surface area (Å²) < 4.78 is 13.4. The molecule has 0 spiro atoms. The molecule has 1 heteroatoms. The Bertz CT molecular complexity index is 336. The molecule has 1 aliphatic carbocycles. The van der Waals surface area contributed by atoms with Gasteiger partial charge in [0.15, 0.2) is 0 Å². The van der Waals surface area contributed by atoms with Gasteiger partial charge in [0.2, 0.25) is 0 Å². The third-order valence-electron chi connectivity index (χ3n) is 3.68. The largest absolute Gasteiger partial charge is 0.207 e. The van der Waals surface area contributed by atoms with Crippen molar-refractivity contribution in [2.24, 2.45) is 5.92 Å². The maximum absolute atomic E-state index is 13.4. The Balaban J connectivity index is 0.000000741. The number of benzene rings is 1. The van der Waals surface area contributed by atoms with Crippen LogP contribution in [0, 0.1) is 18.7 Å². The van der Waals surface area contributed by atoms with Crippen LogP contribution >= 0.6 is 0 Å². The second kappa shape index (κ2) is 10.00. The first kappa shape index (κ1) is 18.1. The van der Waals surface area contributed by atoms with Crippen LogP contribution in [-0.2, 0) is 0 Å². The first-order valence-electron chi connectivity index (χ1n) is 7.93. The lowest BCUT2D eigenvalue weighted by molar-refractivity contribution is 0.347. The van der Waals surface area contributed by atoms with Gasteiger partial charge in [0.25, 0.3) is 0 Å². The first-order chi connectivity index (χ1) is 9.16. The zero-order valence-electron chi connectivity index (χ0n) is 13.6. The molecule has 0 radical (unpaired) electrons. The van der Waals surface area contributed by atoms with Gasteiger partial charge in [0.1, 0.15) is 5.82 Å². The number of halogens is 1. The summed E-state index contributed by atoms with van der Waals surface area (Å²) >= 11 is 0. The molecule has 1 aromatic rings. The van der Waals surface area contributed by atoms with Crippen LogP contribution in [0.5, 0.6) is 0 Å². The average Bonchev–Trinajstić information content (AvgIpc) is 2.47. The van der Waals surface area contributed by atoms with Crippen LogP contribution in [-0.4, -0.2) is 0 Å². The topological polar surface area (TPSA) is 0 Å². The fraction of sp³-hybridized carbons (Fsp3) is 0.667. The molecule has 1 fully saturated rings. The molecule has 0 saturated heterocycles. The Morgan fingerprint density at radius 1 is 0.947 bits per heavy atom. The molecule has 0 aromatic heterocycles. The van der Waals surface area contributed by atoms with Crippen molar-refractivity contribution in [3.8, 4) is 0 Å². The molecule has 0 amide bonds. The van der Waals surface area contributed by atoms with Gasteiger partial charge in [-0.3, -0.25) is 0 Å². The van der Waals surface area contributed by atoms with Gasteiger partial charge in [-0.25, -0.2) is 4.39 Å².